The van der Waals surface area contributed by atoms with E-state index in [1.165, 1.54) is 0 Å². The van der Waals surface area contributed by atoms with Crippen LogP contribution < -0.4 is 15.6 Å². The molecule has 0 bridgehead atoms. The van der Waals surface area contributed by atoms with E-state index < -0.39 is 46.7 Å². The fourth-order valence-corrected chi connectivity index (χ4v) is 5.79. The van der Waals surface area contributed by atoms with Crippen LogP contribution in [0.25, 0.3) is 11.1 Å². The number of halogens is 4. The minimum absolute atomic E-state index is 0.0183. The number of hydrogen-bond donors (Lipinski definition) is 3. The van der Waals surface area contributed by atoms with Crippen molar-refractivity contribution < 1.29 is 46.5 Å². The number of benzene rings is 4. The Balaban J connectivity index is 1.51. The molecule has 9 nitrogen and oxygen atoms in total. The zero-order valence-corrected chi connectivity index (χ0v) is 29.5. The molecule has 1 amide bonds. The average Bonchev–Trinajstić information content (AvgIpc) is 3.51. The maximum atomic E-state index is 14.4. The fourth-order valence-electron chi connectivity index (χ4n) is 5.79. The first-order valence-corrected chi connectivity index (χ1v) is 17.0. The lowest BCUT2D eigenvalue weighted by Gasteiger charge is -2.31. The number of hydrazine groups is 1. The van der Waals surface area contributed by atoms with Gasteiger partial charge in [0.15, 0.2) is 11.6 Å². The summed E-state index contributed by atoms with van der Waals surface area (Å²) in [6.45, 7) is 5.09. The highest BCUT2D eigenvalue weighted by Gasteiger charge is 2.53. The van der Waals surface area contributed by atoms with Crippen molar-refractivity contribution in [3.8, 4) is 16.9 Å². The van der Waals surface area contributed by atoms with Gasteiger partial charge in [0.1, 0.15) is 17.2 Å². The third-order valence-electron chi connectivity index (χ3n) is 8.26. The van der Waals surface area contributed by atoms with Gasteiger partial charge >= 0.3 is 12.1 Å². The van der Waals surface area contributed by atoms with Gasteiger partial charge in [0.2, 0.25) is 5.90 Å². The van der Waals surface area contributed by atoms with Crippen molar-refractivity contribution in [1.29, 1.82) is 0 Å². The van der Waals surface area contributed by atoms with Gasteiger partial charge in [-0.2, -0.15) is 13.2 Å². The van der Waals surface area contributed by atoms with E-state index in [2.05, 4.69) is 10.9 Å². The number of aliphatic hydroxyl groups is 1. The van der Waals surface area contributed by atoms with Crippen molar-refractivity contribution in [1.82, 2.24) is 10.9 Å². The first-order chi connectivity index (χ1) is 25.2. The third-order valence-corrected chi connectivity index (χ3v) is 8.26. The Kier molecular flexibility index (Phi) is 12.2. The Morgan fingerprint density at radius 3 is 2.21 bits per heavy atom. The smallest absolute Gasteiger partial charge is 0.416 e. The van der Waals surface area contributed by atoms with Crippen LogP contribution in [0, 0.1) is 5.82 Å². The summed E-state index contributed by atoms with van der Waals surface area (Å²) in [7, 11) is 0. The van der Waals surface area contributed by atoms with Crippen molar-refractivity contribution in [2.45, 2.75) is 70.0 Å². The Morgan fingerprint density at radius 1 is 0.906 bits per heavy atom. The van der Waals surface area contributed by atoms with Gasteiger partial charge in [-0.25, -0.2) is 14.8 Å². The summed E-state index contributed by atoms with van der Waals surface area (Å²) in [6.07, 6.45) is -5.80. The number of aliphatic hydroxyl groups excluding tert-OH is 1. The largest absolute Gasteiger partial charge is 0.494 e. The van der Waals surface area contributed by atoms with Crippen LogP contribution in [-0.2, 0) is 31.8 Å². The predicted octanol–water partition coefficient (Wildman–Crippen LogP) is 7.47. The van der Waals surface area contributed by atoms with Gasteiger partial charge in [-0.3, -0.25) is 15.0 Å². The Morgan fingerprint density at radius 2 is 1.57 bits per heavy atom. The van der Waals surface area contributed by atoms with Crippen LogP contribution in [-0.4, -0.2) is 47.2 Å². The van der Waals surface area contributed by atoms with Gasteiger partial charge in [-0.15, -0.1) is 0 Å². The first-order valence-electron chi connectivity index (χ1n) is 17.0. The molecule has 1 aliphatic rings. The van der Waals surface area contributed by atoms with Crippen LogP contribution in [0.3, 0.4) is 0 Å². The number of amides is 1. The van der Waals surface area contributed by atoms with Gasteiger partial charge in [0.25, 0.3) is 5.91 Å². The first kappa shape index (κ1) is 38.9. The van der Waals surface area contributed by atoms with E-state index in [9.17, 15) is 27.2 Å². The predicted molar refractivity (Wildman–Crippen MR) is 190 cm³/mol. The monoisotopic (exact) mass is 735 g/mol. The zero-order valence-electron chi connectivity index (χ0n) is 29.5. The molecule has 0 spiro atoms. The highest BCUT2D eigenvalue weighted by molar-refractivity contribution is 6.01. The van der Waals surface area contributed by atoms with Gasteiger partial charge in [-0.1, -0.05) is 54.6 Å². The van der Waals surface area contributed by atoms with Crippen LogP contribution in [0.2, 0.25) is 0 Å². The zero-order chi connectivity index (χ0) is 38.2. The van der Waals surface area contributed by atoms with E-state index in [-0.39, 0.29) is 37.5 Å². The van der Waals surface area contributed by atoms with Crippen LogP contribution in [0.5, 0.6) is 5.75 Å². The molecule has 4 aromatic rings. The molecule has 4 aromatic carbocycles. The molecule has 0 saturated heterocycles. The number of nitrogens with zero attached hydrogens (tertiary/aromatic N) is 1. The lowest BCUT2D eigenvalue weighted by Crippen LogP contribution is -2.52. The number of alkyl halides is 3. The lowest BCUT2D eigenvalue weighted by atomic mass is 9.83. The van der Waals surface area contributed by atoms with Gasteiger partial charge in [-0.05, 0) is 91.9 Å². The highest BCUT2D eigenvalue weighted by Crippen LogP contribution is 2.44. The van der Waals surface area contributed by atoms with Crippen molar-refractivity contribution in [2.24, 2.45) is 4.99 Å². The molecule has 1 heterocycles. The van der Waals surface area contributed by atoms with E-state index in [0.29, 0.717) is 36.0 Å². The minimum atomic E-state index is -4.77. The molecule has 0 radical (unpaired) electrons. The number of hydrogen-bond acceptors (Lipinski definition) is 8. The second kappa shape index (κ2) is 16.6. The van der Waals surface area contributed by atoms with Crippen molar-refractivity contribution >= 4 is 17.8 Å². The molecular weight excluding hydrogens is 694 g/mol. The molecule has 0 saturated carbocycles. The average molecular weight is 736 g/mol. The van der Waals surface area contributed by atoms with E-state index in [1.807, 2.05) is 42.5 Å². The maximum absolute atomic E-state index is 14.4. The molecule has 0 fully saturated rings. The van der Waals surface area contributed by atoms with Gasteiger partial charge in [0.05, 0.1) is 12.2 Å². The molecule has 1 aliphatic heterocycles. The quantitative estimate of drug-likeness (QED) is 0.0532. The summed E-state index contributed by atoms with van der Waals surface area (Å²) in [6, 6.07) is 25.9. The highest BCUT2D eigenvalue weighted by atomic mass is 19.4. The van der Waals surface area contributed by atoms with Crippen LogP contribution in [0.4, 0.5) is 17.6 Å². The molecule has 0 aromatic heterocycles. The summed E-state index contributed by atoms with van der Waals surface area (Å²) in [5.41, 5.74) is 4.26. The Bertz CT molecular complexity index is 1900. The Hall–Kier alpha value is -5.27. The number of carbonyl (C=O) groups excluding carboxylic acids is 2. The van der Waals surface area contributed by atoms with Crippen LogP contribution >= 0.6 is 0 Å². The molecule has 280 valence electrons. The van der Waals surface area contributed by atoms with Crippen molar-refractivity contribution in [3.63, 3.8) is 0 Å². The molecule has 53 heavy (non-hydrogen) atoms. The van der Waals surface area contributed by atoms with Crippen molar-refractivity contribution in [3.05, 3.63) is 125 Å². The second-order valence-corrected chi connectivity index (χ2v) is 13.5. The summed E-state index contributed by atoms with van der Waals surface area (Å²) in [5.74, 6) is -1.77. The summed E-state index contributed by atoms with van der Waals surface area (Å²) in [5, 5.41) is 9.08. The van der Waals surface area contributed by atoms with E-state index in [1.54, 1.807) is 57.2 Å². The number of aliphatic imine (C=N–C) groups is 1. The van der Waals surface area contributed by atoms with Gasteiger partial charge in [0, 0.05) is 31.6 Å². The molecule has 0 aliphatic carbocycles. The minimum Gasteiger partial charge on any atom is -0.494 e. The molecule has 2 atom stereocenters. The molecular formula is C40H41F4N3O6. The number of carbonyl (C=O) groups is 2. The van der Waals surface area contributed by atoms with Gasteiger partial charge < -0.3 is 19.3 Å². The van der Waals surface area contributed by atoms with E-state index in [0.717, 1.165) is 23.3 Å². The summed E-state index contributed by atoms with van der Waals surface area (Å²) < 4.78 is 71.9. The molecule has 3 N–H and O–H groups in total. The fraction of sp³-hybridized carbons (Fsp3) is 0.325. The van der Waals surface area contributed by atoms with Crippen molar-refractivity contribution in [2.75, 3.05) is 13.2 Å². The SMILES string of the molecule is CC(C)(C)OC(=O)CC[C@]1(C(=O)NNCc2cc(F)cc(C(F)(F)F)c2)N=C(c2ccc(OCCCO)cc2)O[C@H]1c1ccc(-c2ccccc2)cc1. The third kappa shape index (κ3) is 10.2. The maximum Gasteiger partial charge on any atom is 0.416 e. The number of esters is 1. The molecule has 13 heteroatoms. The van der Waals surface area contributed by atoms with Crippen LogP contribution in [0.1, 0.15) is 68.4 Å². The second-order valence-electron chi connectivity index (χ2n) is 13.5. The standard InChI is InChI=1S/C40H41F4N3O6/c1-38(2,3)53-34(49)18-19-39(37(50)47-45-25-26-22-31(40(42,43)44)24-32(41)23-26)35(29-12-10-28(11-13-29)27-8-5-4-6-9-27)52-36(46-39)30-14-16-33(17-15-30)51-21-7-20-48/h4-6,8-17,22-24,35,45,48H,7,18-21,25H2,1-3H3,(H,47,50)/t35-,39-/m0/s1. The van der Waals surface area contributed by atoms with E-state index in [4.69, 9.17) is 24.3 Å². The molecule has 0 unspecified atom stereocenters. The summed E-state index contributed by atoms with van der Waals surface area (Å²) >= 11 is 0. The van der Waals surface area contributed by atoms with E-state index >= 15 is 0 Å². The topological polar surface area (TPSA) is 118 Å². The number of rotatable bonds is 14. The normalized spacial score (nSPS) is 17.1. The Labute approximate surface area is 305 Å². The number of nitrogens with one attached hydrogen (secondary N) is 2. The molecule has 5 rings (SSSR count). The van der Waals surface area contributed by atoms with Crippen LogP contribution in [0.15, 0.2) is 102 Å². The summed E-state index contributed by atoms with van der Waals surface area (Å²) in [4.78, 5) is 32.3. The lowest BCUT2D eigenvalue weighted by molar-refractivity contribution is -0.155. The number of ether oxygens (including phenoxy) is 3.